The fourth-order valence-corrected chi connectivity index (χ4v) is 5.09. The molecule has 37 heavy (non-hydrogen) atoms. The number of ether oxygens (including phenoxy) is 1. The van der Waals surface area contributed by atoms with E-state index in [4.69, 9.17) is 15.5 Å². The standard InChI is InChI=1S/C19H27N3O2S.C8H14FNO2/c1-7-9-15(25-6)16-13(8-2)10-14-17(21-16)19(24-12(4)20)18(11(3)23)22(14)5;1-7-2-4-10(5-3-7)8(11)6-12-9/h9-10,12H,7-8,20H2,1-6H3;7H,2-6H2,1H3/b15-9-;. The minimum Gasteiger partial charge on any atom is -0.471 e. The fraction of sp³-hybridized carbons (Fsp3) is 0.593. The van der Waals surface area contributed by atoms with Crippen LogP contribution in [0, 0.1) is 5.92 Å². The Morgan fingerprint density at radius 1 is 1.32 bits per heavy atom. The second-order valence-electron chi connectivity index (χ2n) is 9.33. The first-order valence-electron chi connectivity index (χ1n) is 12.8. The van der Waals surface area contributed by atoms with Crippen LogP contribution in [-0.4, -0.2) is 58.3 Å². The quantitative estimate of drug-likeness (QED) is 0.344. The number of halogens is 1. The number of thioether (sulfide) groups is 1. The summed E-state index contributed by atoms with van der Waals surface area (Å²) in [6.45, 7) is 10.7. The smallest absolute Gasteiger partial charge is 0.252 e. The Balaban J connectivity index is 0.000000335. The topological polar surface area (TPSA) is 99.7 Å². The van der Waals surface area contributed by atoms with E-state index < -0.39 is 12.8 Å². The molecule has 0 bridgehead atoms. The first-order chi connectivity index (χ1) is 17.6. The summed E-state index contributed by atoms with van der Waals surface area (Å²) in [4.78, 5) is 34.2. The average Bonchev–Trinajstić information content (AvgIpc) is 3.12. The molecule has 8 nitrogen and oxygen atoms in total. The van der Waals surface area contributed by atoms with Crippen molar-refractivity contribution in [2.75, 3.05) is 26.0 Å². The molecule has 0 saturated carbocycles. The first-order valence-corrected chi connectivity index (χ1v) is 14.0. The zero-order chi connectivity index (χ0) is 27.7. The number of piperidine rings is 1. The largest absolute Gasteiger partial charge is 0.471 e. The van der Waals surface area contributed by atoms with E-state index in [0.29, 0.717) is 22.9 Å². The van der Waals surface area contributed by atoms with Crippen molar-refractivity contribution in [3.8, 4) is 5.75 Å². The van der Waals surface area contributed by atoms with Gasteiger partial charge in [-0.2, -0.15) is 4.94 Å². The van der Waals surface area contributed by atoms with Crippen LogP contribution in [0.1, 0.15) is 75.6 Å². The van der Waals surface area contributed by atoms with Crippen LogP contribution in [0.2, 0.25) is 0 Å². The zero-order valence-electron chi connectivity index (χ0n) is 23.1. The number of amides is 1. The number of nitrogens with two attached hydrogens (primary N) is 1. The monoisotopic (exact) mass is 536 g/mol. The van der Waals surface area contributed by atoms with Gasteiger partial charge < -0.3 is 14.2 Å². The lowest BCUT2D eigenvalue weighted by molar-refractivity contribution is -0.165. The first kappa shape index (κ1) is 30.8. The molecular weight excluding hydrogens is 495 g/mol. The third-order valence-corrected chi connectivity index (χ3v) is 7.18. The van der Waals surface area contributed by atoms with Gasteiger partial charge in [-0.05, 0) is 60.9 Å². The number of carbonyl (C=O) groups excluding carboxylic acids is 2. The highest BCUT2D eigenvalue weighted by Gasteiger charge is 2.24. The SMILES string of the molecule is CC/C=C(\SC)c1nc2c(OC(C)N)c(C(C)=O)n(C)c2cc1CC.CC1CCN(C(=O)COF)CC1. The molecule has 1 fully saturated rings. The molecule has 1 amide bonds. The number of carbonyl (C=O) groups is 2. The maximum atomic E-state index is 12.2. The highest BCUT2D eigenvalue weighted by atomic mass is 32.2. The summed E-state index contributed by atoms with van der Waals surface area (Å²) in [7, 11) is 1.87. The van der Waals surface area contributed by atoms with E-state index in [2.05, 4.69) is 44.1 Å². The van der Waals surface area contributed by atoms with Crippen LogP contribution < -0.4 is 10.5 Å². The van der Waals surface area contributed by atoms with E-state index in [0.717, 1.165) is 60.5 Å². The number of aromatic nitrogens is 2. The average molecular weight is 537 g/mol. The lowest BCUT2D eigenvalue weighted by Gasteiger charge is -2.29. The van der Waals surface area contributed by atoms with Gasteiger partial charge in [0, 0.05) is 32.0 Å². The van der Waals surface area contributed by atoms with Gasteiger partial charge in [-0.3, -0.25) is 15.3 Å². The lowest BCUT2D eigenvalue weighted by atomic mass is 9.99. The number of nitrogens with zero attached hydrogens (tertiary/aromatic N) is 3. The summed E-state index contributed by atoms with van der Waals surface area (Å²) in [6.07, 6.45) is 7.54. The Kier molecular flexibility index (Phi) is 12.1. The number of likely N-dealkylation sites (tertiary alicyclic amines) is 1. The number of hydrogen-bond donors (Lipinski definition) is 1. The molecule has 2 aromatic rings. The molecule has 0 spiro atoms. The van der Waals surface area contributed by atoms with Gasteiger partial charge in [-0.1, -0.05) is 26.8 Å². The molecule has 1 atom stereocenters. The second kappa shape index (κ2) is 14.5. The van der Waals surface area contributed by atoms with Crippen molar-refractivity contribution in [2.24, 2.45) is 18.7 Å². The number of ketones is 1. The summed E-state index contributed by atoms with van der Waals surface area (Å²) >= 11 is 1.68. The van der Waals surface area contributed by atoms with Crippen molar-refractivity contribution in [3.63, 3.8) is 0 Å². The Hall–Kier alpha value is -2.43. The van der Waals surface area contributed by atoms with Gasteiger partial charge in [0.2, 0.25) is 0 Å². The van der Waals surface area contributed by atoms with E-state index in [9.17, 15) is 14.1 Å². The Labute approximate surface area is 223 Å². The van der Waals surface area contributed by atoms with Gasteiger partial charge in [-0.15, -0.1) is 11.8 Å². The highest BCUT2D eigenvalue weighted by Crippen LogP contribution is 2.36. The number of pyridine rings is 1. The third kappa shape index (κ3) is 7.78. The van der Waals surface area contributed by atoms with E-state index in [1.807, 2.05) is 11.6 Å². The minimum absolute atomic E-state index is 0.0649. The molecule has 206 valence electrons. The molecule has 2 N–H and O–H groups in total. The summed E-state index contributed by atoms with van der Waals surface area (Å²) in [5, 5.41) is 0. The van der Waals surface area contributed by atoms with Crippen molar-refractivity contribution in [1.29, 1.82) is 0 Å². The van der Waals surface area contributed by atoms with Crippen LogP contribution >= 0.6 is 11.8 Å². The molecule has 1 unspecified atom stereocenters. The predicted molar refractivity (Wildman–Crippen MR) is 148 cm³/mol. The Morgan fingerprint density at radius 2 is 1.97 bits per heavy atom. The normalized spacial score (nSPS) is 15.4. The molecule has 3 rings (SSSR count). The number of aryl methyl sites for hydroxylation is 2. The van der Waals surface area contributed by atoms with Gasteiger partial charge in [0.05, 0.1) is 11.2 Å². The molecule has 3 heterocycles. The molecule has 1 saturated heterocycles. The lowest BCUT2D eigenvalue weighted by Crippen LogP contribution is -2.39. The van der Waals surface area contributed by atoms with E-state index >= 15 is 0 Å². The fourth-order valence-electron chi connectivity index (χ4n) is 4.38. The van der Waals surface area contributed by atoms with Crippen molar-refractivity contribution in [3.05, 3.63) is 29.1 Å². The Morgan fingerprint density at radius 3 is 2.46 bits per heavy atom. The van der Waals surface area contributed by atoms with Crippen molar-refractivity contribution < 1.29 is 23.8 Å². The molecule has 0 aromatic carbocycles. The van der Waals surface area contributed by atoms with Gasteiger partial charge in [0.1, 0.15) is 17.4 Å². The maximum Gasteiger partial charge on any atom is 0.252 e. The summed E-state index contributed by atoms with van der Waals surface area (Å²) < 4.78 is 19.0. The van der Waals surface area contributed by atoms with Crippen LogP contribution in [0.5, 0.6) is 5.75 Å². The molecular formula is C27H41FN4O4S. The zero-order valence-corrected chi connectivity index (χ0v) is 23.9. The third-order valence-electron chi connectivity index (χ3n) is 6.38. The van der Waals surface area contributed by atoms with E-state index in [1.54, 1.807) is 23.6 Å². The van der Waals surface area contributed by atoms with Crippen molar-refractivity contribution in [1.82, 2.24) is 14.5 Å². The van der Waals surface area contributed by atoms with Gasteiger partial charge in [0.25, 0.3) is 5.91 Å². The summed E-state index contributed by atoms with van der Waals surface area (Å²) in [6, 6.07) is 2.11. The Bertz CT molecular complexity index is 1110. The highest BCUT2D eigenvalue weighted by molar-refractivity contribution is 8.07. The van der Waals surface area contributed by atoms with Crippen LogP contribution in [0.4, 0.5) is 4.53 Å². The predicted octanol–water partition coefficient (Wildman–Crippen LogP) is 5.28. The number of Topliss-reactive ketones (excluding diaryl/α,β-unsaturated/α-hetero) is 1. The number of fused-ring (bicyclic) bond motifs is 1. The number of hydrogen-bond acceptors (Lipinski definition) is 7. The van der Waals surface area contributed by atoms with Crippen LogP contribution in [0.3, 0.4) is 0 Å². The van der Waals surface area contributed by atoms with Crippen LogP contribution in [0.25, 0.3) is 15.9 Å². The summed E-state index contributed by atoms with van der Waals surface area (Å²) in [5.74, 6) is 0.843. The van der Waals surface area contributed by atoms with Crippen molar-refractivity contribution >= 4 is 39.4 Å². The molecule has 0 radical (unpaired) electrons. The maximum absolute atomic E-state index is 12.2. The molecule has 1 aliphatic heterocycles. The van der Waals surface area contributed by atoms with Crippen LogP contribution in [-0.2, 0) is 23.2 Å². The number of allylic oxidation sites excluding steroid dienone is 1. The van der Waals surface area contributed by atoms with Crippen LogP contribution in [0.15, 0.2) is 12.1 Å². The second-order valence-corrected chi connectivity index (χ2v) is 10.2. The van der Waals surface area contributed by atoms with E-state index in [-0.39, 0.29) is 11.7 Å². The molecule has 0 aliphatic carbocycles. The number of rotatable bonds is 9. The molecule has 10 heteroatoms. The van der Waals surface area contributed by atoms with Gasteiger partial charge in [0.15, 0.2) is 18.1 Å². The molecule has 2 aromatic heterocycles. The minimum atomic E-state index is -0.522. The van der Waals surface area contributed by atoms with Gasteiger partial charge >= 0.3 is 0 Å². The summed E-state index contributed by atoms with van der Waals surface area (Å²) in [5.41, 5.74) is 10.0. The van der Waals surface area contributed by atoms with E-state index in [1.165, 1.54) is 6.92 Å². The van der Waals surface area contributed by atoms with Crippen molar-refractivity contribution in [2.45, 2.75) is 66.5 Å². The van der Waals surface area contributed by atoms with Gasteiger partial charge in [-0.25, -0.2) is 4.98 Å². The molecule has 1 aliphatic rings.